The van der Waals surface area contributed by atoms with E-state index in [4.69, 9.17) is 0 Å². The third kappa shape index (κ3) is 1.90. The van der Waals surface area contributed by atoms with Gasteiger partial charge in [-0.05, 0) is 25.1 Å². The molecule has 1 N–H and O–H groups in total. The lowest BCUT2D eigenvalue weighted by atomic mass is 10.1. The molecule has 1 aliphatic rings. The van der Waals surface area contributed by atoms with E-state index in [0.717, 1.165) is 18.1 Å². The topological polar surface area (TPSA) is 15.3 Å². The van der Waals surface area contributed by atoms with Crippen molar-refractivity contribution in [2.75, 3.05) is 13.6 Å². The van der Waals surface area contributed by atoms with E-state index in [0.29, 0.717) is 13.1 Å². The number of nitrogens with one attached hydrogen (secondary N) is 1. The molecule has 2 heterocycles. The van der Waals surface area contributed by atoms with Crippen LogP contribution in [0.3, 0.4) is 0 Å². The molecular formula is C9H13FN2S. The minimum absolute atomic E-state index is 0.476. The van der Waals surface area contributed by atoms with Crippen LogP contribution in [0.25, 0.3) is 0 Å². The second-order valence-electron chi connectivity index (χ2n) is 3.29. The summed E-state index contributed by atoms with van der Waals surface area (Å²) in [5.41, 5.74) is 1.34. The van der Waals surface area contributed by atoms with Gasteiger partial charge in [-0.1, -0.05) is 0 Å². The quantitative estimate of drug-likeness (QED) is 0.731. The zero-order valence-electron chi connectivity index (χ0n) is 7.64. The molecule has 0 atom stereocenters. The van der Waals surface area contributed by atoms with E-state index < -0.39 is 0 Å². The van der Waals surface area contributed by atoms with Crippen LogP contribution >= 0.6 is 11.3 Å². The van der Waals surface area contributed by atoms with Gasteiger partial charge in [0.05, 0.1) is 6.54 Å². The molecule has 72 valence electrons. The van der Waals surface area contributed by atoms with Gasteiger partial charge in [-0.2, -0.15) is 0 Å². The maximum Gasteiger partial charge on any atom is 0.0637 e. The molecule has 0 aliphatic carbocycles. The summed E-state index contributed by atoms with van der Waals surface area (Å²) in [4.78, 5) is 2.50. The Kier molecular flexibility index (Phi) is 2.62. The molecule has 1 aliphatic heterocycles. The SMILES string of the molecule is CNCc1cc2c(s1)CN(F)CC2. The number of halogens is 1. The van der Waals surface area contributed by atoms with Crippen molar-refractivity contribution in [1.29, 1.82) is 0 Å². The third-order valence-electron chi connectivity index (χ3n) is 2.24. The van der Waals surface area contributed by atoms with Crippen LogP contribution in [-0.2, 0) is 19.5 Å². The van der Waals surface area contributed by atoms with Crippen LogP contribution in [0.2, 0.25) is 0 Å². The number of hydrogen-bond donors (Lipinski definition) is 1. The van der Waals surface area contributed by atoms with E-state index in [1.54, 1.807) is 11.3 Å². The molecular weight excluding hydrogens is 187 g/mol. The van der Waals surface area contributed by atoms with Gasteiger partial charge in [-0.15, -0.1) is 20.9 Å². The lowest BCUT2D eigenvalue weighted by Gasteiger charge is -2.16. The van der Waals surface area contributed by atoms with Crippen LogP contribution < -0.4 is 5.32 Å². The minimum atomic E-state index is 0.476. The van der Waals surface area contributed by atoms with Crippen molar-refractivity contribution in [2.45, 2.75) is 19.5 Å². The predicted molar refractivity (Wildman–Crippen MR) is 52.3 cm³/mol. The highest BCUT2D eigenvalue weighted by Crippen LogP contribution is 2.28. The van der Waals surface area contributed by atoms with Crippen LogP contribution in [0.4, 0.5) is 4.48 Å². The molecule has 4 heteroatoms. The Bertz CT molecular complexity index is 298. The van der Waals surface area contributed by atoms with E-state index in [2.05, 4.69) is 11.4 Å². The Morgan fingerprint density at radius 2 is 2.54 bits per heavy atom. The van der Waals surface area contributed by atoms with Crippen LogP contribution in [0.5, 0.6) is 0 Å². The summed E-state index contributed by atoms with van der Waals surface area (Å²) < 4.78 is 12.9. The molecule has 0 radical (unpaired) electrons. The Morgan fingerprint density at radius 1 is 1.69 bits per heavy atom. The summed E-state index contributed by atoms with van der Waals surface area (Å²) in [7, 11) is 1.93. The normalized spacial score (nSPS) is 17.4. The molecule has 13 heavy (non-hydrogen) atoms. The van der Waals surface area contributed by atoms with Crippen molar-refractivity contribution in [2.24, 2.45) is 0 Å². The molecule has 0 spiro atoms. The van der Waals surface area contributed by atoms with E-state index in [1.807, 2.05) is 7.05 Å². The van der Waals surface area contributed by atoms with E-state index >= 15 is 0 Å². The van der Waals surface area contributed by atoms with Gasteiger partial charge in [0.25, 0.3) is 0 Å². The zero-order chi connectivity index (χ0) is 9.26. The first kappa shape index (κ1) is 9.12. The first-order valence-corrected chi connectivity index (χ1v) is 5.27. The second-order valence-corrected chi connectivity index (χ2v) is 4.51. The maximum absolute atomic E-state index is 12.9. The third-order valence-corrected chi connectivity index (χ3v) is 3.40. The Balaban J connectivity index is 2.18. The van der Waals surface area contributed by atoms with Gasteiger partial charge < -0.3 is 5.32 Å². The first-order chi connectivity index (χ1) is 6.29. The van der Waals surface area contributed by atoms with Gasteiger partial charge in [0.15, 0.2) is 0 Å². The molecule has 0 aromatic carbocycles. The largest absolute Gasteiger partial charge is 0.315 e. The number of fused-ring (bicyclic) bond motifs is 1. The van der Waals surface area contributed by atoms with Gasteiger partial charge in [-0.3, -0.25) is 0 Å². The average Bonchev–Trinajstić information content (AvgIpc) is 2.46. The molecule has 1 aromatic rings. The van der Waals surface area contributed by atoms with Gasteiger partial charge in [-0.25, -0.2) is 0 Å². The smallest absolute Gasteiger partial charge is 0.0637 e. The highest BCUT2D eigenvalue weighted by molar-refractivity contribution is 7.12. The summed E-state index contributed by atoms with van der Waals surface area (Å²) in [5.74, 6) is 0. The first-order valence-electron chi connectivity index (χ1n) is 4.45. The van der Waals surface area contributed by atoms with Crippen molar-refractivity contribution in [3.05, 3.63) is 21.4 Å². The van der Waals surface area contributed by atoms with Crippen LogP contribution in [0.1, 0.15) is 15.3 Å². The Hall–Kier alpha value is -0.450. The van der Waals surface area contributed by atoms with Gasteiger partial charge in [0, 0.05) is 22.8 Å². The monoisotopic (exact) mass is 200 g/mol. The fourth-order valence-electron chi connectivity index (χ4n) is 1.61. The molecule has 0 amide bonds. The lowest BCUT2D eigenvalue weighted by Crippen LogP contribution is -2.21. The van der Waals surface area contributed by atoms with Crippen LogP contribution in [-0.4, -0.2) is 18.7 Å². The number of rotatable bonds is 2. The minimum Gasteiger partial charge on any atom is -0.315 e. The Morgan fingerprint density at radius 3 is 3.31 bits per heavy atom. The summed E-state index contributed by atoms with van der Waals surface area (Å²) in [6.07, 6.45) is 0.853. The standard InChI is InChI=1S/C9H13FN2S/c1-11-5-8-4-7-2-3-12(10)6-9(7)13-8/h4,11H,2-3,5-6H2,1H3. The molecule has 0 bridgehead atoms. The van der Waals surface area contributed by atoms with Crippen molar-refractivity contribution in [3.63, 3.8) is 0 Å². The highest BCUT2D eigenvalue weighted by Gasteiger charge is 2.18. The van der Waals surface area contributed by atoms with Gasteiger partial charge in [0.1, 0.15) is 0 Å². The molecule has 0 fully saturated rings. The molecule has 0 saturated heterocycles. The summed E-state index contributed by atoms with van der Waals surface area (Å²) in [5, 5.41) is 4.00. The maximum atomic E-state index is 12.9. The van der Waals surface area contributed by atoms with Crippen LogP contribution in [0, 0.1) is 0 Å². The van der Waals surface area contributed by atoms with Crippen molar-refractivity contribution in [1.82, 2.24) is 10.4 Å². The summed E-state index contributed by atoms with van der Waals surface area (Å²) >= 11 is 1.72. The molecule has 2 nitrogen and oxygen atoms in total. The number of hydrogen-bond acceptors (Lipinski definition) is 3. The molecule has 0 saturated carbocycles. The summed E-state index contributed by atoms with van der Waals surface area (Å²) in [6, 6.07) is 2.20. The van der Waals surface area contributed by atoms with E-state index in [9.17, 15) is 4.48 Å². The van der Waals surface area contributed by atoms with E-state index in [1.165, 1.54) is 15.3 Å². The van der Waals surface area contributed by atoms with Gasteiger partial charge in [0.2, 0.25) is 0 Å². The Labute approximate surface area is 81.3 Å². The average molecular weight is 200 g/mol. The molecule has 1 aromatic heterocycles. The van der Waals surface area contributed by atoms with E-state index in [-0.39, 0.29) is 0 Å². The summed E-state index contributed by atoms with van der Waals surface area (Å²) in [6.45, 7) is 1.91. The molecule has 0 unspecified atom stereocenters. The fourth-order valence-corrected chi connectivity index (χ4v) is 2.84. The van der Waals surface area contributed by atoms with Crippen molar-refractivity contribution < 1.29 is 4.48 Å². The lowest BCUT2D eigenvalue weighted by molar-refractivity contribution is 0.0118. The molecule has 2 rings (SSSR count). The van der Waals surface area contributed by atoms with Gasteiger partial charge >= 0.3 is 0 Å². The fraction of sp³-hybridized carbons (Fsp3) is 0.556. The second kappa shape index (κ2) is 3.74. The number of nitrogens with zero attached hydrogens (tertiary/aromatic N) is 1. The predicted octanol–water partition coefficient (Wildman–Crippen LogP) is 1.71. The van der Waals surface area contributed by atoms with Crippen molar-refractivity contribution in [3.8, 4) is 0 Å². The zero-order valence-corrected chi connectivity index (χ0v) is 8.46. The number of thiophene rings is 1. The van der Waals surface area contributed by atoms with Crippen molar-refractivity contribution >= 4 is 11.3 Å². The highest BCUT2D eigenvalue weighted by atomic mass is 32.1. The van der Waals surface area contributed by atoms with Crippen LogP contribution in [0.15, 0.2) is 6.07 Å².